The van der Waals surface area contributed by atoms with E-state index in [0.29, 0.717) is 6.42 Å². The lowest BCUT2D eigenvalue weighted by atomic mass is 9.88. The highest BCUT2D eigenvalue weighted by molar-refractivity contribution is 6.01. The molecule has 2 aliphatic heterocycles. The van der Waals surface area contributed by atoms with Crippen LogP contribution in [-0.4, -0.2) is 56.1 Å². The molecule has 0 amide bonds. The molecule has 0 aliphatic carbocycles. The van der Waals surface area contributed by atoms with Gasteiger partial charge in [-0.05, 0) is 13.5 Å². The molecule has 2 fully saturated rings. The molecule has 16 heavy (non-hydrogen) atoms. The largest absolute Gasteiger partial charge is 0.468 e. The number of carbonyl (C=O) groups excluding carboxylic acids is 2. The van der Waals surface area contributed by atoms with E-state index in [1.807, 2.05) is 7.05 Å². The summed E-state index contributed by atoms with van der Waals surface area (Å²) in [7, 11) is 4.88. The number of esters is 1. The molecule has 0 aromatic heterocycles. The second-order valence-corrected chi connectivity index (χ2v) is 4.49. The highest BCUT2D eigenvalue weighted by atomic mass is 16.5. The fraction of sp³-hybridized carbons (Fsp3) is 0.818. The van der Waals surface area contributed by atoms with Crippen molar-refractivity contribution in [2.75, 3.05) is 21.3 Å². The molecule has 0 radical (unpaired) electrons. The number of carbonyl (C=O) groups is 2. The number of Topliss-reactive ketones (excluding diaryl/α,β-unsaturated/α-hetero) is 1. The van der Waals surface area contributed by atoms with Gasteiger partial charge < -0.3 is 9.47 Å². The zero-order valence-corrected chi connectivity index (χ0v) is 9.80. The van der Waals surface area contributed by atoms with Gasteiger partial charge in [0.25, 0.3) is 0 Å². The van der Waals surface area contributed by atoms with Crippen LogP contribution in [0, 0.1) is 5.92 Å². The lowest BCUT2D eigenvalue weighted by Crippen LogP contribution is -2.53. The summed E-state index contributed by atoms with van der Waals surface area (Å²) < 4.78 is 10.1. The minimum atomic E-state index is -0.682. The first-order valence-electron chi connectivity index (χ1n) is 5.45. The van der Waals surface area contributed by atoms with Crippen molar-refractivity contribution in [1.82, 2.24) is 4.90 Å². The maximum atomic E-state index is 11.9. The molecular weight excluding hydrogens is 210 g/mol. The average Bonchev–Trinajstić information content (AvgIpc) is 2.48. The number of ketones is 1. The third-order valence-corrected chi connectivity index (χ3v) is 3.81. The molecule has 0 aromatic carbocycles. The lowest BCUT2D eigenvalue weighted by Gasteiger charge is -2.35. The quantitative estimate of drug-likeness (QED) is 0.484. The molecule has 2 bridgehead atoms. The Bertz CT molecular complexity index is 317. The lowest BCUT2D eigenvalue weighted by molar-refractivity contribution is -0.155. The molecule has 0 aromatic rings. The number of nitrogens with zero attached hydrogens (tertiary/aromatic N) is 1. The molecule has 0 saturated carbocycles. The van der Waals surface area contributed by atoms with E-state index in [4.69, 9.17) is 9.47 Å². The SMILES string of the molecule is COC(=O)C1C(=O)CC2CC(OC)C1N2C. The monoisotopic (exact) mass is 227 g/mol. The number of piperidine rings is 1. The fourth-order valence-corrected chi connectivity index (χ4v) is 2.94. The second kappa shape index (κ2) is 4.14. The number of methoxy groups -OCH3 is 2. The number of rotatable bonds is 2. The standard InChI is InChI=1S/C11H17NO4/c1-12-6-4-7(13)9(11(14)16-3)10(12)8(5-6)15-2/h6,8-10H,4-5H2,1-3H3. The summed E-state index contributed by atoms with van der Waals surface area (Å²) in [6.07, 6.45) is 1.19. The van der Waals surface area contributed by atoms with Crippen LogP contribution < -0.4 is 0 Å². The average molecular weight is 227 g/mol. The first-order valence-corrected chi connectivity index (χ1v) is 5.45. The number of fused-ring (bicyclic) bond motifs is 2. The van der Waals surface area contributed by atoms with Crippen molar-refractivity contribution in [3.05, 3.63) is 0 Å². The predicted molar refractivity (Wildman–Crippen MR) is 55.9 cm³/mol. The van der Waals surface area contributed by atoms with Crippen LogP contribution in [0.3, 0.4) is 0 Å². The van der Waals surface area contributed by atoms with E-state index < -0.39 is 11.9 Å². The second-order valence-electron chi connectivity index (χ2n) is 4.49. The van der Waals surface area contributed by atoms with Crippen molar-refractivity contribution in [3.8, 4) is 0 Å². The van der Waals surface area contributed by atoms with E-state index in [2.05, 4.69) is 4.90 Å². The van der Waals surface area contributed by atoms with Crippen LogP contribution in [0.4, 0.5) is 0 Å². The van der Waals surface area contributed by atoms with Gasteiger partial charge in [0, 0.05) is 19.6 Å². The number of ether oxygens (including phenoxy) is 2. The summed E-state index contributed by atoms with van der Waals surface area (Å²) in [6, 6.07) is 0.0482. The summed E-state index contributed by atoms with van der Waals surface area (Å²) in [5.74, 6) is -1.14. The summed E-state index contributed by atoms with van der Waals surface area (Å²) in [4.78, 5) is 25.6. The van der Waals surface area contributed by atoms with E-state index in [9.17, 15) is 9.59 Å². The summed E-state index contributed by atoms with van der Waals surface area (Å²) in [6.45, 7) is 0. The fourth-order valence-electron chi connectivity index (χ4n) is 2.94. The van der Waals surface area contributed by atoms with Crippen molar-refractivity contribution in [3.63, 3.8) is 0 Å². The Morgan fingerprint density at radius 3 is 2.69 bits per heavy atom. The van der Waals surface area contributed by atoms with Crippen molar-refractivity contribution >= 4 is 11.8 Å². The van der Waals surface area contributed by atoms with Crippen molar-refractivity contribution in [1.29, 1.82) is 0 Å². The number of likely N-dealkylation sites (N-methyl/N-ethyl adjacent to an activating group) is 1. The molecule has 4 atom stereocenters. The van der Waals surface area contributed by atoms with Crippen LogP contribution in [0.5, 0.6) is 0 Å². The Labute approximate surface area is 94.7 Å². The van der Waals surface area contributed by atoms with Gasteiger partial charge in [0.1, 0.15) is 11.7 Å². The minimum absolute atomic E-state index is 0.0144. The number of hydrogen-bond donors (Lipinski definition) is 0. The Hall–Kier alpha value is -0.940. The van der Waals surface area contributed by atoms with Crippen molar-refractivity contribution in [2.45, 2.75) is 31.0 Å². The van der Waals surface area contributed by atoms with Gasteiger partial charge in [-0.1, -0.05) is 0 Å². The van der Waals surface area contributed by atoms with Gasteiger partial charge in [-0.3, -0.25) is 14.5 Å². The van der Waals surface area contributed by atoms with Crippen LogP contribution in [0.1, 0.15) is 12.8 Å². The van der Waals surface area contributed by atoms with Crippen LogP contribution >= 0.6 is 0 Å². The van der Waals surface area contributed by atoms with Crippen molar-refractivity contribution in [2.24, 2.45) is 5.92 Å². The topological polar surface area (TPSA) is 55.8 Å². The van der Waals surface area contributed by atoms with Crippen LogP contribution in [0.25, 0.3) is 0 Å². The van der Waals surface area contributed by atoms with Gasteiger partial charge in [0.05, 0.1) is 19.3 Å². The van der Waals surface area contributed by atoms with Gasteiger partial charge in [-0.25, -0.2) is 0 Å². The van der Waals surface area contributed by atoms with Crippen LogP contribution in [0.15, 0.2) is 0 Å². The van der Waals surface area contributed by atoms with Crippen LogP contribution in [-0.2, 0) is 19.1 Å². The Balaban J connectivity index is 2.29. The first kappa shape index (κ1) is 11.5. The van der Waals surface area contributed by atoms with Gasteiger partial charge in [0.2, 0.25) is 0 Å². The zero-order valence-electron chi connectivity index (χ0n) is 9.80. The summed E-state index contributed by atoms with van der Waals surface area (Å²) in [5.41, 5.74) is 0. The Morgan fingerprint density at radius 2 is 2.12 bits per heavy atom. The molecule has 2 rings (SSSR count). The third-order valence-electron chi connectivity index (χ3n) is 3.81. The Kier molecular flexibility index (Phi) is 2.99. The molecule has 2 heterocycles. The van der Waals surface area contributed by atoms with Crippen LogP contribution in [0.2, 0.25) is 0 Å². The molecule has 4 unspecified atom stereocenters. The molecular formula is C11H17NO4. The number of hydrogen-bond acceptors (Lipinski definition) is 5. The molecule has 5 heteroatoms. The molecule has 0 spiro atoms. The molecule has 2 aliphatic rings. The minimum Gasteiger partial charge on any atom is -0.468 e. The third kappa shape index (κ3) is 1.55. The van der Waals surface area contributed by atoms with E-state index in [0.717, 1.165) is 6.42 Å². The normalized spacial score (nSPS) is 38.8. The highest BCUT2D eigenvalue weighted by Crippen LogP contribution is 2.38. The molecule has 0 N–H and O–H groups in total. The van der Waals surface area contributed by atoms with E-state index in [-0.39, 0.29) is 24.0 Å². The predicted octanol–water partition coefficient (Wildman–Crippen LogP) is -0.164. The Morgan fingerprint density at radius 1 is 1.44 bits per heavy atom. The van der Waals surface area contributed by atoms with Gasteiger partial charge in [-0.15, -0.1) is 0 Å². The van der Waals surface area contributed by atoms with E-state index >= 15 is 0 Å². The van der Waals surface area contributed by atoms with E-state index in [1.54, 1.807) is 7.11 Å². The molecule has 5 nitrogen and oxygen atoms in total. The van der Waals surface area contributed by atoms with Gasteiger partial charge >= 0.3 is 5.97 Å². The zero-order chi connectivity index (χ0) is 11.9. The van der Waals surface area contributed by atoms with Crippen molar-refractivity contribution < 1.29 is 19.1 Å². The summed E-state index contributed by atoms with van der Waals surface area (Å²) in [5, 5.41) is 0. The van der Waals surface area contributed by atoms with E-state index in [1.165, 1.54) is 7.11 Å². The maximum absolute atomic E-state index is 11.9. The summed E-state index contributed by atoms with van der Waals surface area (Å²) >= 11 is 0. The molecule has 2 saturated heterocycles. The highest BCUT2D eigenvalue weighted by Gasteiger charge is 2.53. The first-order chi connectivity index (χ1) is 7.60. The molecule has 90 valence electrons. The van der Waals surface area contributed by atoms with Gasteiger partial charge in [-0.2, -0.15) is 0 Å². The smallest absolute Gasteiger partial charge is 0.317 e. The maximum Gasteiger partial charge on any atom is 0.317 e. The van der Waals surface area contributed by atoms with Gasteiger partial charge in [0.15, 0.2) is 0 Å².